The Morgan fingerprint density at radius 2 is 1.56 bits per heavy atom. The first-order valence-electron chi connectivity index (χ1n) is 6.19. The summed E-state index contributed by atoms with van der Waals surface area (Å²) in [5, 5.41) is 3.34. The monoisotopic (exact) mass is 219 g/mol. The summed E-state index contributed by atoms with van der Waals surface area (Å²) in [7, 11) is 2.04. The molecule has 1 rings (SSSR count). The van der Waals surface area contributed by atoms with Gasteiger partial charge in [0, 0.05) is 6.04 Å². The molecule has 0 heterocycles. The molecule has 0 bridgehead atoms. The maximum atomic E-state index is 3.34. The van der Waals surface area contributed by atoms with E-state index in [-0.39, 0.29) is 0 Å². The topological polar surface area (TPSA) is 12.0 Å². The molecule has 1 aromatic carbocycles. The van der Waals surface area contributed by atoms with Gasteiger partial charge in [-0.15, -0.1) is 0 Å². The highest BCUT2D eigenvalue weighted by molar-refractivity contribution is 5.37. The second-order valence-electron chi connectivity index (χ2n) is 5.14. The van der Waals surface area contributed by atoms with E-state index in [1.165, 1.54) is 28.7 Å². The number of hydrogen-bond donors (Lipinski definition) is 1. The number of aryl methyl sites for hydroxylation is 3. The van der Waals surface area contributed by atoms with E-state index in [0.29, 0.717) is 12.0 Å². The largest absolute Gasteiger partial charge is 0.317 e. The Morgan fingerprint density at radius 1 is 1.06 bits per heavy atom. The second kappa shape index (κ2) is 5.49. The molecule has 0 saturated heterocycles. The van der Waals surface area contributed by atoms with Crippen molar-refractivity contribution in [2.24, 2.45) is 5.92 Å². The maximum Gasteiger partial charge on any atom is 0.00645 e. The molecule has 0 aliphatic heterocycles. The van der Waals surface area contributed by atoms with Crippen molar-refractivity contribution in [2.45, 2.75) is 47.1 Å². The molecule has 1 heteroatoms. The summed E-state index contributed by atoms with van der Waals surface area (Å²) in [6.07, 6.45) is 1.17. The minimum Gasteiger partial charge on any atom is -0.317 e. The Balaban J connectivity index is 2.89. The first-order chi connectivity index (χ1) is 7.45. The molecule has 0 aliphatic carbocycles. The molecule has 0 amide bonds. The zero-order valence-corrected chi connectivity index (χ0v) is 11.5. The standard InChI is InChI=1S/C15H25N/c1-10-7-12(3)15(13(4)8-10)9-11(2)14(5)16-6/h7-8,11,14,16H,9H2,1-6H3. The van der Waals surface area contributed by atoms with Crippen molar-refractivity contribution in [3.63, 3.8) is 0 Å². The highest BCUT2D eigenvalue weighted by Gasteiger charge is 2.13. The highest BCUT2D eigenvalue weighted by Crippen LogP contribution is 2.21. The first kappa shape index (κ1) is 13.2. The van der Waals surface area contributed by atoms with Gasteiger partial charge in [0.1, 0.15) is 0 Å². The van der Waals surface area contributed by atoms with Crippen LogP contribution in [-0.4, -0.2) is 13.1 Å². The summed E-state index contributed by atoms with van der Waals surface area (Å²) in [5.74, 6) is 0.671. The number of rotatable bonds is 4. The van der Waals surface area contributed by atoms with Gasteiger partial charge in [-0.25, -0.2) is 0 Å². The highest BCUT2D eigenvalue weighted by atomic mass is 14.9. The van der Waals surface area contributed by atoms with E-state index in [1.807, 2.05) is 7.05 Å². The number of benzene rings is 1. The summed E-state index contributed by atoms with van der Waals surface area (Å²) in [6, 6.07) is 5.15. The van der Waals surface area contributed by atoms with E-state index in [0.717, 1.165) is 0 Å². The fourth-order valence-electron chi connectivity index (χ4n) is 2.32. The predicted molar refractivity (Wildman–Crippen MR) is 72.0 cm³/mol. The molecule has 1 nitrogen and oxygen atoms in total. The van der Waals surface area contributed by atoms with Crippen LogP contribution < -0.4 is 5.32 Å². The molecule has 0 saturated carbocycles. The molecule has 0 radical (unpaired) electrons. The lowest BCUT2D eigenvalue weighted by atomic mass is 9.89. The van der Waals surface area contributed by atoms with Crippen LogP contribution in [-0.2, 0) is 6.42 Å². The van der Waals surface area contributed by atoms with Crippen molar-refractivity contribution >= 4 is 0 Å². The fourth-order valence-corrected chi connectivity index (χ4v) is 2.32. The molecule has 0 aromatic heterocycles. The first-order valence-corrected chi connectivity index (χ1v) is 6.19. The van der Waals surface area contributed by atoms with E-state index < -0.39 is 0 Å². The van der Waals surface area contributed by atoms with Crippen LogP contribution in [0.15, 0.2) is 12.1 Å². The zero-order chi connectivity index (χ0) is 12.3. The van der Waals surface area contributed by atoms with Gasteiger partial charge in [-0.2, -0.15) is 0 Å². The fraction of sp³-hybridized carbons (Fsp3) is 0.600. The lowest BCUT2D eigenvalue weighted by Crippen LogP contribution is -2.30. The molecule has 1 N–H and O–H groups in total. The molecule has 2 unspecified atom stereocenters. The Bertz CT molecular complexity index is 331. The normalized spacial score (nSPS) is 14.9. The predicted octanol–water partition coefficient (Wildman–Crippen LogP) is 3.40. The third-order valence-corrected chi connectivity index (χ3v) is 3.68. The van der Waals surface area contributed by atoms with E-state index in [9.17, 15) is 0 Å². The summed E-state index contributed by atoms with van der Waals surface area (Å²) >= 11 is 0. The van der Waals surface area contributed by atoms with Gasteiger partial charge in [0.25, 0.3) is 0 Å². The van der Waals surface area contributed by atoms with Crippen LogP contribution in [0.2, 0.25) is 0 Å². The minimum atomic E-state index is 0.570. The SMILES string of the molecule is CNC(C)C(C)Cc1c(C)cc(C)cc1C. The Hall–Kier alpha value is -0.820. The van der Waals surface area contributed by atoms with Crippen LogP contribution in [0, 0.1) is 26.7 Å². The quantitative estimate of drug-likeness (QED) is 0.818. The lowest BCUT2D eigenvalue weighted by Gasteiger charge is -2.21. The van der Waals surface area contributed by atoms with Crippen molar-refractivity contribution in [1.29, 1.82) is 0 Å². The molecule has 2 atom stereocenters. The molecule has 0 fully saturated rings. The lowest BCUT2D eigenvalue weighted by molar-refractivity contribution is 0.423. The van der Waals surface area contributed by atoms with Crippen LogP contribution in [0.3, 0.4) is 0 Å². The second-order valence-corrected chi connectivity index (χ2v) is 5.14. The zero-order valence-electron chi connectivity index (χ0n) is 11.5. The van der Waals surface area contributed by atoms with Crippen molar-refractivity contribution in [1.82, 2.24) is 5.32 Å². The molecule has 90 valence electrons. The van der Waals surface area contributed by atoms with Gasteiger partial charge >= 0.3 is 0 Å². The van der Waals surface area contributed by atoms with E-state index in [2.05, 4.69) is 52.1 Å². The Kier molecular flexibility index (Phi) is 4.55. The van der Waals surface area contributed by atoms with Gasteiger partial charge in [0.2, 0.25) is 0 Å². The average molecular weight is 219 g/mol. The summed E-state index contributed by atoms with van der Waals surface area (Å²) < 4.78 is 0. The summed E-state index contributed by atoms with van der Waals surface area (Å²) in [6.45, 7) is 11.2. The van der Waals surface area contributed by atoms with Gasteiger partial charge in [-0.1, -0.05) is 24.6 Å². The van der Waals surface area contributed by atoms with Crippen LogP contribution in [0.5, 0.6) is 0 Å². The third-order valence-electron chi connectivity index (χ3n) is 3.68. The molecular formula is C15H25N. The molecule has 0 spiro atoms. The van der Waals surface area contributed by atoms with Gasteiger partial charge in [-0.05, 0) is 63.8 Å². The maximum absolute atomic E-state index is 3.34. The summed E-state index contributed by atoms with van der Waals surface area (Å²) in [5.41, 5.74) is 5.77. The molecule has 1 aromatic rings. The van der Waals surface area contributed by atoms with Gasteiger partial charge < -0.3 is 5.32 Å². The number of nitrogens with one attached hydrogen (secondary N) is 1. The third kappa shape index (κ3) is 3.08. The minimum absolute atomic E-state index is 0.570. The summed E-state index contributed by atoms with van der Waals surface area (Å²) in [4.78, 5) is 0. The van der Waals surface area contributed by atoms with Gasteiger partial charge in [0.05, 0.1) is 0 Å². The van der Waals surface area contributed by atoms with E-state index in [1.54, 1.807) is 0 Å². The van der Waals surface area contributed by atoms with E-state index >= 15 is 0 Å². The molecule has 16 heavy (non-hydrogen) atoms. The Morgan fingerprint density at radius 3 is 2.00 bits per heavy atom. The Labute approximate surface area is 100 Å². The van der Waals surface area contributed by atoms with Crippen molar-refractivity contribution in [2.75, 3.05) is 7.05 Å². The van der Waals surface area contributed by atoms with Gasteiger partial charge in [0.15, 0.2) is 0 Å². The van der Waals surface area contributed by atoms with Crippen molar-refractivity contribution in [3.05, 3.63) is 34.4 Å². The van der Waals surface area contributed by atoms with Crippen molar-refractivity contribution in [3.8, 4) is 0 Å². The van der Waals surface area contributed by atoms with Crippen LogP contribution in [0.4, 0.5) is 0 Å². The van der Waals surface area contributed by atoms with Crippen LogP contribution >= 0.6 is 0 Å². The van der Waals surface area contributed by atoms with Crippen LogP contribution in [0.1, 0.15) is 36.1 Å². The van der Waals surface area contributed by atoms with E-state index in [4.69, 9.17) is 0 Å². The molecule has 0 aliphatic rings. The van der Waals surface area contributed by atoms with Crippen molar-refractivity contribution < 1.29 is 0 Å². The molecular weight excluding hydrogens is 194 g/mol. The van der Waals surface area contributed by atoms with Gasteiger partial charge in [-0.3, -0.25) is 0 Å². The average Bonchev–Trinajstić information content (AvgIpc) is 2.21. The number of hydrogen-bond acceptors (Lipinski definition) is 1. The van der Waals surface area contributed by atoms with Crippen LogP contribution in [0.25, 0.3) is 0 Å². The smallest absolute Gasteiger partial charge is 0.00645 e.